The van der Waals surface area contributed by atoms with Crippen molar-refractivity contribution in [1.29, 1.82) is 0 Å². The van der Waals surface area contributed by atoms with E-state index in [0.717, 1.165) is 5.56 Å². The van der Waals surface area contributed by atoms with Crippen LogP contribution < -0.4 is 4.74 Å². The van der Waals surface area contributed by atoms with E-state index in [-0.39, 0.29) is 5.75 Å². The van der Waals surface area contributed by atoms with Crippen LogP contribution in [0.1, 0.15) is 23.1 Å². The lowest BCUT2D eigenvalue weighted by molar-refractivity contribution is 0.219. The zero-order valence-electron chi connectivity index (χ0n) is 13.5. The van der Waals surface area contributed by atoms with Crippen molar-refractivity contribution in [3.8, 4) is 17.2 Å². The molecule has 5 nitrogen and oxygen atoms in total. The van der Waals surface area contributed by atoms with Crippen molar-refractivity contribution in [2.24, 2.45) is 0 Å². The lowest BCUT2D eigenvalue weighted by Gasteiger charge is -2.22. The maximum absolute atomic E-state index is 12.8. The zero-order chi connectivity index (χ0) is 17.6. The average Bonchev–Trinajstić information content (AvgIpc) is 2.57. The fourth-order valence-electron chi connectivity index (χ4n) is 2.06. The summed E-state index contributed by atoms with van der Waals surface area (Å²) in [5.41, 5.74) is 0.846. The molecule has 0 fully saturated rings. The molecule has 0 aliphatic carbocycles. The Morgan fingerprint density at radius 3 is 1.88 bits per heavy atom. The quantitative estimate of drug-likeness (QED) is 0.302. The van der Waals surface area contributed by atoms with Gasteiger partial charge in [-0.15, -0.1) is 0 Å². The van der Waals surface area contributed by atoms with Crippen LogP contribution in [0.4, 0.5) is 0 Å². The van der Waals surface area contributed by atoms with Crippen molar-refractivity contribution in [3.05, 3.63) is 54.1 Å². The number of rotatable bonds is 8. The first-order valence-electron chi connectivity index (χ1n) is 7.58. The first kappa shape index (κ1) is 19.2. The predicted octanol–water partition coefficient (Wildman–Crippen LogP) is 5.88. The van der Waals surface area contributed by atoms with E-state index in [1.807, 2.05) is 12.1 Å². The molecule has 0 spiro atoms. The summed E-state index contributed by atoms with van der Waals surface area (Å²) in [6.07, 6.45) is 0. The Hall–Kier alpha value is -1.08. The molecule has 0 heterocycles. The SMILES string of the molecule is CCOP(=O)(OCC)C(I)c1ccc(Oc2ccc(O)cc2)cc1. The topological polar surface area (TPSA) is 65.0 Å². The third-order valence-corrected chi connectivity index (χ3v) is 7.98. The van der Waals surface area contributed by atoms with Gasteiger partial charge in [-0.2, -0.15) is 0 Å². The summed E-state index contributed by atoms with van der Waals surface area (Å²) < 4.78 is 28.9. The maximum atomic E-state index is 12.8. The van der Waals surface area contributed by atoms with E-state index in [1.165, 1.54) is 0 Å². The molecular formula is C17H20IO5P. The van der Waals surface area contributed by atoms with E-state index < -0.39 is 11.3 Å². The second-order valence-electron chi connectivity index (χ2n) is 4.88. The van der Waals surface area contributed by atoms with E-state index in [0.29, 0.717) is 24.7 Å². The highest BCUT2D eigenvalue weighted by Gasteiger charge is 2.34. The highest BCUT2D eigenvalue weighted by Crippen LogP contribution is 2.64. The second-order valence-corrected chi connectivity index (χ2v) is 9.22. The van der Waals surface area contributed by atoms with Crippen molar-refractivity contribution < 1.29 is 23.5 Å². The van der Waals surface area contributed by atoms with Gasteiger partial charge in [0.05, 0.1) is 13.2 Å². The minimum absolute atomic E-state index is 0.188. The van der Waals surface area contributed by atoms with Crippen LogP contribution in [0.2, 0.25) is 0 Å². The van der Waals surface area contributed by atoms with Gasteiger partial charge >= 0.3 is 7.60 Å². The third-order valence-electron chi connectivity index (χ3n) is 3.12. The lowest BCUT2D eigenvalue weighted by atomic mass is 10.2. The van der Waals surface area contributed by atoms with Gasteiger partial charge in [-0.3, -0.25) is 4.57 Å². The molecule has 7 heteroatoms. The van der Waals surface area contributed by atoms with Gasteiger partial charge in [0.25, 0.3) is 0 Å². The molecule has 2 aromatic rings. The van der Waals surface area contributed by atoms with E-state index in [4.69, 9.17) is 13.8 Å². The minimum atomic E-state index is -3.20. The Morgan fingerprint density at radius 1 is 0.958 bits per heavy atom. The molecule has 2 aromatic carbocycles. The second kappa shape index (κ2) is 8.85. The van der Waals surface area contributed by atoms with Crippen LogP contribution >= 0.6 is 30.2 Å². The summed E-state index contributed by atoms with van der Waals surface area (Å²) in [4.78, 5) is 0. The van der Waals surface area contributed by atoms with Gasteiger partial charge in [0.15, 0.2) is 0 Å². The summed E-state index contributed by atoms with van der Waals surface area (Å²) >= 11 is 2.09. The monoisotopic (exact) mass is 462 g/mol. The molecule has 0 saturated heterocycles. The van der Waals surface area contributed by atoms with Crippen molar-refractivity contribution in [1.82, 2.24) is 0 Å². The summed E-state index contributed by atoms with van der Waals surface area (Å²) in [6, 6.07) is 13.8. The van der Waals surface area contributed by atoms with Crippen LogP contribution in [0.3, 0.4) is 0 Å². The Labute approximate surface area is 155 Å². The van der Waals surface area contributed by atoms with Crippen LogP contribution in [0.15, 0.2) is 48.5 Å². The van der Waals surface area contributed by atoms with Crippen LogP contribution in [-0.2, 0) is 13.6 Å². The van der Waals surface area contributed by atoms with E-state index >= 15 is 0 Å². The number of phenolic OH excluding ortho intramolecular Hbond substituents is 1. The first-order valence-corrected chi connectivity index (χ1v) is 10.4. The van der Waals surface area contributed by atoms with Crippen LogP contribution in [-0.4, -0.2) is 18.3 Å². The van der Waals surface area contributed by atoms with Crippen molar-refractivity contribution in [3.63, 3.8) is 0 Å². The number of aromatic hydroxyl groups is 1. The minimum Gasteiger partial charge on any atom is -0.508 e. The molecule has 1 atom stereocenters. The summed E-state index contributed by atoms with van der Waals surface area (Å²) in [7, 11) is -3.20. The van der Waals surface area contributed by atoms with Crippen molar-refractivity contribution in [2.75, 3.05) is 13.2 Å². The fraction of sp³-hybridized carbons (Fsp3) is 0.294. The highest BCUT2D eigenvalue weighted by molar-refractivity contribution is 14.1. The molecule has 0 amide bonds. The Bertz CT molecular complexity index is 677. The number of halogens is 1. The van der Waals surface area contributed by atoms with Gasteiger partial charge in [-0.25, -0.2) is 0 Å². The van der Waals surface area contributed by atoms with Crippen molar-refractivity contribution >= 4 is 30.2 Å². The molecule has 0 aromatic heterocycles. The van der Waals surface area contributed by atoms with E-state index in [9.17, 15) is 9.67 Å². The number of hydrogen-bond donors (Lipinski definition) is 1. The van der Waals surface area contributed by atoms with Crippen molar-refractivity contribution in [2.45, 2.75) is 17.5 Å². The molecule has 24 heavy (non-hydrogen) atoms. The number of hydrogen-bond acceptors (Lipinski definition) is 5. The van der Waals surface area contributed by atoms with Gasteiger partial charge in [0.1, 0.15) is 20.9 Å². The molecule has 1 unspecified atom stereocenters. The van der Waals surface area contributed by atoms with Crippen LogP contribution in [0.25, 0.3) is 0 Å². The summed E-state index contributed by atoms with van der Waals surface area (Å²) in [6.45, 7) is 4.25. The summed E-state index contributed by atoms with van der Waals surface area (Å²) in [5, 5.41) is 9.28. The number of ether oxygens (including phenoxy) is 1. The Morgan fingerprint density at radius 2 is 1.42 bits per heavy atom. The van der Waals surface area contributed by atoms with E-state index in [1.54, 1.807) is 50.2 Å². The summed E-state index contributed by atoms with van der Waals surface area (Å²) in [5.74, 6) is 1.46. The normalized spacial score (nSPS) is 12.8. The van der Waals surface area contributed by atoms with Gasteiger partial charge in [0.2, 0.25) is 0 Å². The molecule has 0 aliphatic heterocycles. The molecule has 2 rings (SSSR count). The van der Waals surface area contributed by atoms with Gasteiger partial charge < -0.3 is 18.9 Å². The van der Waals surface area contributed by atoms with Crippen LogP contribution in [0.5, 0.6) is 17.2 Å². The fourth-order valence-corrected chi connectivity index (χ4v) is 5.03. The third kappa shape index (κ3) is 4.96. The number of alkyl halides is 1. The number of phenols is 1. The number of benzene rings is 2. The molecule has 0 aliphatic rings. The van der Waals surface area contributed by atoms with Crippen LogP contribution in [0, 0.1) is 0 Å². The van der Waals surface area contributed by atoms with Gasteiger partial charge in [-0.05, 0) is 55.8 Å². The molecule has 130 valence electrons. The molecule has 1 N–H and O–H groups in total. The maximum Gasteiger partial charge on any atom is 0.347 e. The first-order chi connectivity index (χ1) is 11.5. The largest absolute Gasteiger partial charge is 0.508 e. The zero-order valence-corrected chi connectivity index (χ0v) is 16.6. The lowest BCUT2D eigenvalue weighted by Crippen LogP contribution is -2.01. The van der Waals surface area contributed by atoms with Gasteiger partial charge in [0, 0.05) is 0 Å². The smallest absolute Gasteiger partial charge is 0.347 e. The molecular weight excluding hydrogens is 442 g/mol. The Balaban J connectivity index is 2.12. The predicted molar refractivity (Wildman–Crippen MR) is 102 cm³/mol. The standard InChI is InChI=1S/C17H20IO5P/c1-3-21-24(20,22-4-2)17(18)13-5-9-15(10-6-13)23-16-11-7-14(19)8-12-16/h5-12,17,19H,3-4H2,1-2H3. The average molecular weight is 462 g/mol. The highest BCUT2D eigenvalue weighted by atomic mass is 127. The van der Waals surface area contributed by atoms with Gasteiger partial charge in [-0.1, -0.05) is 34.7 Å². The molecule has 0 bridgehead atoms. The molecule has 0 saturated carbocycles. The van der Waals surface area contributed by atoms with E-state index in [2.05, 4.69) is 22.6 Å². The molecule has 0 radical (unpaired) electrons. The Kier molecular flexibility index (Phi) is 7.10.